The first-order valence-electron chi connectivity index (χ1n) is 12.3. The number of aryl methyl sites for hydroxylation is 1. The Bertz CT molecular complexity index is 1510. The Morgan fingerprint density at radius 1 is 0.946 bits per heavy atom. The molecule has 37 heavy (non-hydrogen) atoms. The van der Waals surface area contributed by atoms with Crippen molar-refractivity contribution in [2.75, 3.05) is 4.90 Å². The molecule has 6 nitrogen and oxygen atoms in total. The van der Waals surface area contributed by atoms with E-state index in [1.165, 1.54) is 11.0 Å². The van der Waals surface area contributed by atoms with Gasteiger partial charge in [-0.05, 0) is 68.5 Å². The second-order valence-electron chi connectivity index (χ2n) is 10.2. The predicted octanol–water partition coefficient (Wildman–Crippen LogP) is 5.10. The number of benzene rings is 2. The molecule has 0 aromatic heterocycles. The Labute approximate surface area is 222 Å². The molecule has 2 aromatic carbocycles. The molecule has 3 aliphatic carbocycles. The van der Waals surface area contributed by atoms with Crippen molar-refractivity contribution in [2.45, 2.75) is 32.6 Å². The van der Waals surface area contributed by atoms with Crippen LogP contribution in [0.5, 0.6) is 5.75 Å². The topological polar surface area (TPSA) is 91.8 Å². The maximum atomic E-state index is 13.8. The van der Waals surface area contributed by atoms with Crippen LogP contribution in [0.15, 0.2) is 81.4 Å². The van der Waals surface area contributed by atoms with Gasteiger partial charge in [0.1, 0.15) is 5.75 Å². The largest absolute Gasteiger partial charge is 0.507 e. The lowest BCUT2D eigenvalue weighted by Gasteiger charge is -2.42. The lowest BCUT2D eigenvalue weighted by molar-refractivity contribution is -0.123. The molecule has 1 N–H and O–H groups in total. The van der Waals surface area contributed by atoms with Crippen LogP contribution in [-0.4, -0.2) is 28.5 Å². The fraction of sp³-hybridized carbons (Fsp3) is 0.267. The molecule has 186 valence electrons. The highest BCUT2D eigenvalue weighted by Crippen LogP contribution is 2.56. The van der Waals surface area contributed by atoms with Gasteiger partial charge >= 0.3 is 0 Å². The van der Waals surface area contributed by atoms with E-state index in [9.17, 15) is 24.3 Å². The van der Waals surface area contributed by atoms with Crippen LogP contribution < -0.4 is 4.90 Å². The van der Waals surface area contributed by atoms with Crippen LogP contribution >= 0.6 is 15.9 Å². The number of imide groups is 1. The average Bonchev–Trinajstić information content (AvgIpc) is 3.13. The maximum absolute atomic E-state index is 13.8. The van der Waals surface area contributed by atoms with Gasteiger partial charge in [0.15, 0.2) is 11.6 Å². The summed E-state index contributed by atoms with van der Waals surface area (Å²) in [5.74, 6) is -3.18. The first kappa shape index (κ1) is 23.8. The summed E-state index contributed by atoms with van der Waals surface area (Å²) in [4.78, 5) is 55.3. The minimum atomic E-state index is -0.653. The van der Waals surface area contributed by atoms with Crippen LogP contribution in [0, 0.1) is 24.7 Å². The Hall–Kier alpha value is -3.58. The summed E-state index contributed by atoms with van der Waals surface area (Å²) < 4.78 is 0.841. The number of ketones is 2. The fourth-order valence-electron chi connectivity index (χ4n) is 6.48. The van der Waals surface area contributed by atoms with E-state index in [1.807, 2.05) is 12.1 Å². The Balaban J connectivity index is 1.50. The van der Waals surface area contributed by atoms with Crippen LogP contribution in [0.25, 0.3) is 0 Å². The molecule has 0 radical (unpaired) electrons. The molecule has 2 amide bonds. The molecule has 1 aliphatic heterocycles. The molecule has 0 saturated carbocycles. The second-order valence-corrected chi connectivity index (χ2v) is 11.1. The highest BCUT2D eigenvalue weighted by atomic mass is 79.9. The molecule has 4 unspecified atom stereocenters. The number of nitrogens with zero attached hydrogens (tertiary/aromatic N) is 1. The zero-order chi connectivity index (χ0) is 26.2. The number of phenols is 1. The number of hydrogen-bond acceptors (Lipinski definition) is 5. The van der Waals surface area contributed by atoms with Crippen LogP contribution in [0.1, 0.15) is 36.8 Å². The molecule has 6 rings (SSSR count). The molecule has 1 fully saturated rings. The Kier molecular flexibility index (Phi) is 5.46. The number of phenolic OH excluding ortho intramolecular Hbond substituents is 1. The number of aromatic hydroxyl groups is 1. The van der Waals surface area contributed by atoms with Crippen LogP contribution in [0.4, 0.5) is 5.69 Å². The van der Waals surface area contributed by atoms with Crippen molar-refractivity contribution in [3.63, 3.8) is 0 Å². The summed E-state index contributed by atoms with van der Waals surface area (Å²) in [6, 6.07) is 12.4. The van der Waals surface area contributed by atoms with Crippen molar-refractivity contribution in [1.82, 2.24) is 0 Å². The minimum Gasteiger partial charge on any atom is -0.507 e. The fourth-order valence-corrected chi connectivity index (χ4v) is 6.74. The minimum absolute atomic E-state index is 0.0702. The summed E-state index contributed by atoms with van der Waals surface area (Å²) in [6.07, 6.45) is 3.90. The molecule has 2 aromatic rings. The Morgan fingerprint density at radius 2 is 1.68 bits per heavy atom. The van der Waals surface area contributed by atoms with Crippen molar-refractivity contribution < 1.29 is 24.3 Å². The van der Waals surface area contributed by atoms with Gasteiger partial charge < -0.3 is 5.11 Å². The molecule has 4 atom stereocenters. The summed E-state index contributed by atoms with van der Waals surface area (Å²) in [5, 5.41) is 11.0. The van der Waals surface area contributed by atoms with E-state index in [0.29, 0.717) is 40.0 Å². The van der Waals surface area contributed by atoms with Gasteiger partial charge in [-0.2, -0.15) is 0 Å². The SMILES string of the molecule is CC1=CC(=O)C2=C(C1=O)C(c1cccc(C)c1O)C1=CCC3C(=O)N(c4ccc(Br)cc4)C(=O)C3C1C2. The van der Waals surface area contributed by atoms with E-state index in [1.54, 1.807) is 50.2 Å². The lowest BCUT2D eigenvalue weighted by Crippen LogP contribution is -2.39. The van der Waals surface area contributed by atoms with Crippen molar-refractivity contribution in [1.29, 1.82) is 0 Å². The first-order valence-corrected chi connectivity index (χ1v) is 13.1. The van der Waals surface area contributed by atoms with E-state index in [2.05, 4.69) is 15.9 Å². The molecule has 4 aliphatic rings. The number of rotatable bonds is 2. The molecule has 1 heterocycles. The summed E-state index contributed by atoms with van der Waals surface area (Å²) in [7, 11) is 0. The van der Waals surface area contributed by atoms with E-state index >= 15 is 0 Å². The summed E-state index contributed by atoms with van der Waals surface area (Å²) in [6.45, 7) is 3.41. The third-order valence-corrected chi connectivity index (χ3v) is 8.76. The zero-order valence-electron chi connectivity index (χ0n) is 20.3. The standard InChI is InChI=1S/C30H24BrNO5/c1-14-4-3-5-19(27(14)34)24-18-10-11-20-25(21(18)13-22-23(33)12-15(2)28(35)26(22)24)30(37)32(29(20)36)17-8-6-16(31)7-9-17/h3-10,12,20-21,24-25,34H,11,13H2,1-2H3. The van der Waals surface area contributed by atoms with Gasteiger partial charge in [-0.25, -0.2) is 0 Å². The third-order valence-electron chi connectivity index (χ3n) is 8.23. The summed E-state index contributed by atoms with van der Waals surface area (Å²) >= 11 is 3.39. The number of amides is 2. The van der Waals surface area contributed by atoms with Gasteiger partial charge in [0.25, 0.3) is 0 Å². The molecular formula is C30H24BrNO5. The molecule has 1 saturated heterocycles. The van der Waals surface area contributed by atoms with Crippen LogP contribution in [-0.2, 0) is 19.2 Å². The number of allylic oxidation sites excluding steroid dienone is 6. The number of Topliss-reactive ketones (excluding diaryl/α,β-unsaturated/α-hetero) is 1. The van der Waals surface area contributed by atoms with Crippen molar-refractivity contribution >= 4 is 45.0 Å². The second kappa shape index (κ2) is 8.48. The number of hydrogen-bond donors (Lipinski definition) is 1. The molecular weight excluding hydrogens is 534 g/mol. The summed E-state index contributed by atoms with van der Waals surface area (Å²) in [5.41, 5.74) is 3.67. The predicted molar refractivity (Wildman–Crippen MR) is 141 cm³/mol. The number of carbonyl (C=O) groups excluding carboxylic acids is 4. The van der Waals surface area contributed by atoms with E-state index in [0.717, 1.165) is 10.0 Å². The van der Waals surface area contributed by atoms with Crippen molar-refractivity contribution in [3.05, 3.63) is 92.5 Å². The molecule has 7 heteroatoms. The van der Waals surface area contributed by atoms with E-state index in [-0.39, 0.29) is 35.6 Å². The number of anilines is 1. The normalized spacial score (nSPS) is 27.1. The molecule has 0 spiro atoms. The highest BCUT2D eigenvalue weighted by molar-refractivity contribution is 9.10. The first-order chi connectivity index (χ1) is 17.7. The number of fused-ring (bicyclic) bond motifs is 3. The van der Waals surface area contributed by atoms with Gasteiger partial charge in [-0.1, -0.05) is 45.8 Å². The quantitative estimate of drug-likeness (QED) is 0.315. The van der Waals surface area contributed by atoms with Crippen LogP contribution in [0.3, 0.4) is 0 Å². The maximum Gasteiger partial charge on any atom is 0.238 e. The third kappa shape index (κ3) is 3.44. The number of para-hydroxylation sites is 1. The van der Waals surface area contributed by atoms with E-state index in [4.69, 9.17) is 0 Å². The Morgan fingerprint density at radius 3 is 2.41 bits per heavy atom. The van der Waals surface area contributed by atoms with E-state index < -0.39 is 23.7 Å². The monoisotopic (exact) mass is 557 g/mol. The number of halogens is 1. The lowest BCUT2D eigenvalue weighted by atomic mass is 9.59. The van der Waals surface area contributed by atoms with Gasteiger partial charge in [-0.15, -0.1) is 0 Å². The van der Waals surface area contributed by atoms with Gasteiger partial charge in [-0.3, -0.25) is 24.1 Å². The van der Waals surface area contributed by atoms with Crippen molar-refractivity contribution in [2.24, 2.45) is 17.8 Å². The highest BCUT2D eigenvalue weighted by Gasteiger charge is 2.56. The number of carbonyl (C=O) groups is 4. The van der Waals surface area contributed by atoms with Gasteiger partial charge in [0, 0.05) is 32.7 Å². The smallest absolute Gasteiger partial charge is 0.238 e. The molecule has 0 bridgehead atoms. The van der Waals surface area contributed by atoms with Gasteiger partial charge in [0.05, 0.1) is 17.5 Å². The average molecular weight is 558 g/mol. The van der Waals surface area contributed by atoms with Crippen molar-refractivity contribution in [3.8, 4) is 5.75 Å². The zero-order valence-corrected chi connectivity index (χ0v) is 21.9. The van der Waals surface area contributed by atoms with Gasteiger partial charge in [0.2, 0.25) is 11.8 Å². The van der Waals surface area contributed by atoms with Crippen LogP contribution in [0.2, 0.25) is 0 Å².